The van der Waals surface area contributed by atoms with E-state index < -0.39 is 0 Å². The lowest BCUT2D eigenvalue weighted by molar-refractivity contribution is 0.415. The predicted octanol–water partition coefficient (Wildman–Crippen LogP) is 3.27. The molecule has 0 spiro atoms. The van der Waals surface area contributed by atoms with E-state index >= 15 is 0 Å². The summed E-state index contributed by atoms with van der Waals surface area (Å²) in [6.07, 6.45) is 0.852. The number of fused-ring (bicyclic) bond motifs is 1. The highest BCUT2D eigenvalue weighted by Gasteiger charge is 2.17. The lowest BCUT2D eigenvalue weighted by Gasteiger charge is -2.02. The number of rotatable bonds is 4. The average molecular weight is 363 g/mol. The van der Waals surface area contributed by atoms with Gasteiger partial charge in [0.15, 0.2) is 5.65 Å². The summed E-state index contributed by atoms with van der Waals surface area (Å²) in [5.41, 5.74) is 6.53. The van der Waals surface area contributed by atoms with Gasteiger partial charge in [-0.1, -0.05) is 6.92 Å². The van der Waals surface area contributed by atoms with Gasteiger partial charge in [-0.15, -0.1) is 0 Å². The molecule has 0 atom stereocenters. The van der Waals surface area contributed by atoms with Gasteiger partial charge in [-0.25, -0.2) is 9.50 Å². The minimum Gasteiger partial charge on any atom is -0.497 e. The second-order valence-electron chi connectivity index (χ2n) is 6.51. The maximum atomic E-state index is 12.7. The topological polar surface area (TPSA) is 88.1 Å². The third kappa shape index (κ3) is 2.71. The summed E-state index contributed by atoms with van der Waals surface area (Å²) < 4.78 is 6.69. The maximum absolute atomic E-state index is 12.7. The van der Waals surface area contributed by atoms with Crippen LogP contribution in [-0.2, 0) is 6.42 Å². The monoisotopic (exact) mass is 363 g/mol. The molecular formula is C20H21N5O2. The minimum absolute atomic E-state index is 0.168. The molecule has 138 valence electrons. The average Bonchev–Trinajstić information content (AvgIpc) is 3.22. The van der Waals surface area contributed by atoms with Gasteiger partial charge in [0.05, 0.1) is 18.5 Å². The van der Waals surface area contributed by atoms with Gasteiger partial charge in [0.2, 0.25) is 0 Å². The number of H-pyrrole nitrogens is 2. The first kappa shape index (κ1) is 17.1. The number of nitrogens with zero attached hydrogens (tertiary/aromatic N) is 3. The molecule has 0 fully saturated rings. The number of hydrogen-bond donors (Lipinski definition) is 2. The molecule has 0 amide bonds. The van der Waals surface area contributed by atoms with Crippen LogP contribution in [0.5, 0.6) is 5.75 Å². The van der Waals surface area contributed by atoms with Crippen LogP contribution in [0, 0.1) is 13.8 Å². The summed E-state index contributed by atoms with van der Waals surface area (Å²) in [7, 11) is 1.63. The van der Waals surface area contributed by atoms with Crippen molar-refractivity contribution in [1.29, 1.82) is 0 Å². The highest BCUT2D eigenvalue weighted by Crippen LogP contribution is 2.27. The number of aromatic amines is 2. The van der Waals surface area contributed by atoms with Gasteiger partial charge >= 0.3 is 0 Å². The Kier molecular flexibility index (Phi) is 4.07. The van der Waals surface area contributed by atoms with Crippen molar-refractivity contribution in [2.45, 2.75) is 27.2 Å². The zero-order chi connectivity index (χ0) is 19.1. The van der Waals surface area contributed by atoms with Gasteiger partial charge in [-0.05, 0) is 50.1 Å². The van der Waals surface area contributed by atoms with Crippen LogP contribution in [0.3, 0.4) is 0 Å². The zero-order valence-corrected chi connectivity index (χ0v) is 15.8. The van der Waals surface area contributed by atoms with Crippen LogP contribution >= 0.6 is 0 Å². The quantitative estimate of drug-likeness (QED) is 0.582. The largest absolute Gasteiger partial charge is 0.497 e. The number of nitrogens with one attached hydrogen (secondary N) is 2. The molecule has 0 aliphatic carbocycles. The molecule has 0 saturated carbocycles. The van der Waals surface area contributed by atoms with Crippen molar-refractivity contribution in [3.63, 3.8) is 0 Å². The molecule has 0 saturated heterocycles. The summed E-state index contributed by atoms with van der Waals surface area (Å²) in [5, 5.41) is 10.6. The molecule has 0 unspecified atom stereocenters. The summed E-state index contributed by atoms with van der Waals surface area (Å²) in [6, 6.07) is 9.20. The van der Waals surface area contributed by atoms with E-state index in [2.05, 4.69) is 22.2 Å². The van der Waals surface area contributed by atoms with E-state index in [1.807, 2.05) is 38.1 Å². The molecule has 3 heterocycles. The SMILES string of the molecule is CCc1[nH]nc(-c2cc(=O)n3[nH]c(-c4ccc(OC)cc4)c(C)c3n2)c1C. The van der Waals surface area contributed by atoms with Gasteiger partial charge in [0.1, 0.15) is 11.4 Å². The molecule has 0 radical (unpaired) electrons. The Morgan fingerprint density at radius 1 is 1.15 bits per heavy atom. The Labute approximate surface area is 156 Å². The lowest BCUT2D eigenvalue weighted by Crippen LogP contribution is -2.14. The Hall–Kier alpha value is -3.35. The minimum atomic E-state index is -0.168. The van der Waals surface area contributed by atoms with Crippen LogP contribution in [0.15, 0.2) is 35.1 Å². The predicted molar refractivity (Wildman–Crippen MR) is 104 cm³/mol. The molecule has 2 N–H and O–H groups in total. The Morgan fingerprint density at radius 3 is 2.52 bits per heavy atom. The smallest absolute Gasteiger partial charge is 0.273 e. The normalized spacial score (nSPS) is 11.3. The Bertz CT molecular complexity index is 1180. The van der Waals surface area contributed by atoms with E-state index in [1.165, 1.54) is 10.6 Å². The lowest BCUT2D eigenvalue weighted by atomic mass is 10.1. The summed E-state index contributed by atoms with van der Waals surface area (Å²) in [6.45, 7) is 6.01. The van der Waals surface area contributed by atoms with E-state index in [1.54, 1.807) is 7.11 Å². The van der Waals surface area contributed by atoms with E-state index in [4.69, 9.17) is 9.72 Å². The zero-order valence-electron chi connectivity index (χ0n) is 15.8. The molecular weight excluding hydrogens is 342 g/mol. The number of hydrogen-bond acceptors (Lipinski definition) is 4. The number of aryl methyl sites for hydroxylation is 2. The second kappa shape index (κ2) is 6.42. The van der Waals surface area contributed by atoms with Gasteiger partial charge in [-0.2, -0.15) is 5.10 Å². The molecule has 7 heteroatoms. The highest BCUT2D eigenvalue weighted by molar-refractivity contribution is 5.72. The number of ether oxygens (including phenoxy) is 1. The number of methoxy groups -OCH3 is 1. The molecule has 3 aromatic heterocycles. The van der Waals surface area contributed by atoms with Crippen molar-refractivity contribution >= 4 is 5.65 Å². The van der Waals surface area contributed by atoms with Gasteiger partial charge in [0.25, 0.3) is 5.56 Å². The molecule has 1 aromatic carbocycles. The maximum Gasteiger partial charge on any atom is 0.273 e. The van der Waals surface area contributed by atoms with Crippen molar-refractivity contribution in [3.05, 3.63) is 57.5 Å². The molecule has 4 rings (SSSR count). The first-order chi connectivity index (χ1) is 13.0. The third-order valence-corrected chi connectivity index (χ3v) is 4.94. The Balaban J connectivity index is 1.88. The summed E-state index contributed by atoms with van der Waals surface area (Å²) in [4.78, 5) is 17.4. The molecule has 27 heavy (non-hydrogen) atoms. The van der Waals surface area contributed by atoms with Gasteiger partial charge < -0.3 is 4.74 Å². The van der Waals surface area contributed by atoms with Gasteiger partial charge in [-0.3, -0.25) is 15.0 Å². The Morgan fingerprint density at radius 2 is 1.89 bits per heavy atom. The van der Waals surface area contributed by atoms with Gasteiger partial charge in [0, 0.05) is 22.9 Å². The molecule has 0 aliphatic heterocycles. The first-order valence-electron chi connectivity index (χ1n) is 8.84. The van der Waals surface area contributed by atoms with E-state index in [9.17, 15) is 4.79 Å². The fraction of sp³-hybridized carbons (Fsp3) is 0.250. The standard InChI is InChI=1S/C20H21N5O2/c1-5-15-11(2)19(23-22-15)16-10-17(26)25-20(21-16)12(3)18(24-25)13-6-8-14(27-4)9-7-13/h6-10,24H,5H2,1-4H3,(H,22,23). The van der Waals surface area contributed by atoms with Crippen molar-refractivity contribution in [2.75, 3.05) is 7.11 Å². The highest BCUT2D eigenvalue weighted by atomic mass is 16.5. The molecule has 0 bridgehead atoms. The number of aromatic nitrogens is 5. The second-order valence-corrected chi connectivity index (χ2v) is 6.51. The van der Waals surface area contributed by atoms with Crippen LogP contribution in [-0.4, -0.2) is 31.9 Å². The van der Waals surface area contributed by atoms with E-state index in [0.29, 0.717) is 11.3 Å². The van der Waals surface area contributed by atoms with Crippen LogP contribution < -0.4 is 10.3 Å². The molecule has 0 aliphatic rings. The molecule has 4 aromatic rings. The third-order valence-electron chi connectivity index (χ3n) is 4.94. The van der Waals surface area contributed by atoms with Crippen LogP contribution in [0.25, 0.3) is 28.3 Å². The first-order valence-corrected chi connectivity index (χ1v) is 8.84. The summed E-state index contributed by atoms with van der Waals surface area (Å²) >= 11 is 0. The van der Waals surface area contributed by atoms with Crippen molar-refractivity contribution < 1.29 is 4.74 Å². The van der Waals surface area contributed by atoms with Crippen molar-refractivity contribution in [1.82, 2.24) is 24.8 Å². The van der Waals surface area contributed by atoms with Crippen LogP contribution in [0.2, 0.25) is 0 Å². The van der Waals surface area contributed by atoms with Crippen LogP contribution in [0.4, 0.5) is 0 Å². The van der Waals surface area contributed by atoms with E-state index in [0.717, 1.165) is 45.9 Å². The fourth-order valence-electron chi connectivity index (χ4n) is 3.34. The number of benzene rings is 1. The molecule has 7 nitrogen and oxygen atoms in total. The van der Waals surface area contributed by atoms with E-state index in [-0.39, 0.29) is 5.56 Å². The fourth-order valence-corrected chi connectivity index (χ4v) is 3.34. The summed E-state index contributed by atoms with van der Waals surface area (Å²) in [5.74, 6) is 0.783. The van der Waals surface area contributed by atoms with Crippen molar-refractivity contribution in [3.8, 4) is 28.4 Å². The van der Waals surface area contributed by atoms with Crippen LogP contribution in [0.1, 0.15) is 23.7 Å². The van der Waals surface area contributed by atoms with Crippen molar-refractivity contribution in [2.24, 2.45) is 0 Å².